The first-order chi connectivity index (χ1) is 8.74. The highest BCUT2D eigenvalue weighted by molar-refractivity contribution is 9.11. The SMILES string of the molecule is Cc1sc(Br)cc1S(=O)(=O)NCCCN(C)C(C)C. The van der Waals surface area contributed by atoms with Crippen LogP contribution in [-0.4, -0.2) is 39.5 Å². The number of sulfonamides is 1. The molecule has 0 aliphatic rings. The number of rotatable bonds is 7. The predicted octanol–water partition coefficient (Wildman–Crippen LogP) is 2.83. The van der Waals surface area contributed by atoms with Gasteiger partial charge in [-0.3, -0.25) is 0 Å². The molecule has 0 aromatic carbocycles. The van der Waals surface area contributed by atoms with Gasteiger partial charge in [0.2, 0.25) is 10.0 Å². The highest BCUT2D eigenvalue weighted by Gasteiger charge is 2.18. The Bertz CT molecular complexity index is 512. The average molecular weight is 369 g/mol. The number of aryl methyl sites for hydroxylation is 1. The number of hydrogen-bond acceptors (Lipinski definition) is 4. The van der Waals surface area contributed by atoms with Crippen molar-refractivity contribution in [2.45, 2.75) is 38.1 Å². The van der Waals surface area contributed by atoms with Crippen LogP contribution in [0.25, 0.3) is 0 Å². The van der Waals surface area contributed by atoms with Crippen LogP contribution >= 0.6 is 27.3 Å². The largest absolute Gasteiger partial charge is 0.304 e. The molecule has 0 saturated heterocycles. The number of nitrogens with one attached hydrogen (secondary N) is 1. The van der Waals surface area contributed by atoms with Crippen molar-refractivity contribution in [1.82, 2.24) is 9.62 Å². The van der Waals surface area contributed by atoms with Crippen molar-refractivity contribution in [3.05, 3.63) is 14.7 Å². The summed E-state index contributed by atoms with van der Waals surface area (Å²) >= 11 is 4.75. The maximum Gasteiger partial charge on any atom is 0.241 e. The first-order valence-corrected chi connectivity index (χ1v) is 9.29. The molecule has 0 fully saturated rings. The minimum absolute atomic E-state index is 0.376. The molecule has 4 nitrogen and oxygen atoms in total. The predicted molar refractivity (Wildman–Crippen MR) is 84.3 cm³/mol. The third-order valence-corrected chi connectivity index (χ3v) is 6.26. The number of halogens is 1. The van der Waals surface area contributed by atoms with E-state index in [9.17, 15) is 8.42 Å². The summed E-state index contributed by atoms with van der Waals surface area (Å²) in [7, 11) is -1.34. The van der Waals surface area contributed by atoms with E-state index < -0.39 is 10.0 Å². The molecule has 1 aromatic heterocycles. The topological polar surface area (TPSA) is 49.4 Å². The lowest BCUT2D eigenvalue weighted by molar-refractivity contribution is 0.271. The summed E-state index contributed by atoms with van der Waals surface area (Å²) in [5.74, 6) is 0. The molecule has 0 atom stereocenters. The van der Waals surface area contributed by atoms with Crippen molar-refractivity contribution >= 4 is 37.3 Å². The Hall–Kier alpha value is 0.0500. The van der Waals surface area contributed by atoms with Gasteiger partial charge in [0.25, 0.3) is 0 Å². The van der Waals surface area contributed by atoms with E-state index in [1.807, 2.05) is 14.0 Å². The second-order valence-electron chi connectivity index (χ2n) is 4.80. The van der Waals surface area contributed by atoms with Gasteiger partial charge >= 0.3 is 0 Å². The second kappa shape index (κ2) is 7.17. The highest BCUT2D eigenvalue weighted by atomic mass is 79.9. The highest BCUT2D eigenvalue weighted by Crippen LogP contribution is 2.29. The molecule has 19 heavy (non-hydrogen) atoms. The summed E-state index contributed by atoms with van der Waals surface area (Å²) in [6, 6.07) is 2.13. The summed E-state index contributed by atoms with van der Waals surface area (Å²) in [6.45, 7) is 7.40. The number of hydrogen-bond donors (Lipinski definition) is 1. The Labute approximate surface area is 128 Å². The van der Waals surface area contributed by atoms with Crippen molar-refractivity contribution in [2.75, 3.05) is 20.1 Å². The summed E-state index contributed by atoms with van der Waals surface area (Å²) in [6.07, 6.45) is 0.804. The van der Waals surface area contributed by atoms with E-state index >= 15 is 0 Å². The molecular weight excluding hydrogens is 348 g/mol. The third kappa shape index (κ3) is 5.15. The van der Waals surface area contributed by atoms with Crippen LogP contribution in [0.15, 0.2) is 14.7 Å². The van der Waals surface area contributed by atoms with Gasteiger partial charge in [0.1, 0.15) is 0 Å². The van der Waals surface area contributed by atoms with Crippen LogP contribution < -0.4 is 4.72 Å². The Morgan fingerprint density at radius 1 is 1.47 bits per heavy atom. The maximum atomic E-state index is 12.1. The van der Waals surface area contributed by atoms with Gasteiger partial charge in [0.05, 0.1) is 8.68 Å². The number of thiophene rings is 1. The lowest BCUT2D eigenvalue weighted by Gasteiger charge is -2.20. The van der Waals surface area contributed by atoms with Crippen molar-refractivity contribution in [1.29, 1.82) is 0 Å². The normalized spacial score (nSPS) is 12.6. The third-order valence-electron chi connectivity index (χ3n) is 2.99. The lowest BCUT2D eigenvalue weighted by atomic mass is 10.3. The molecule has 0 saturated carbocycles. The molecule has 0 aliphatic heterocycles. The standard InChI is InChI=1S/C12H21BrN2O2S2/c1-9(2)15(4)7-5-6-14-19(16,17)11-8-12(13)18-10(11)3/h8-9,14H,5-7H2,1-4H3. The zero-order valence-corrected chi connectivity index (χ0v) is 15.0. The fourth-order valence-electron chi connectivity index (χ4n) is 1.57. The fourth-order valence-corrected chi connectivity index (χ4v) is 5.05. The van der Waals surface area contributed by atoms with Crippen LogP contribution in [0.4, 0.5) is 0 Å². The summed E-state index contributed by atoms with van der Waals surface area (Å²) in [5.41, 5.74) is 0. The minimum Gasteiger partial charge on any atom is -0.304 e. The molecule has 0 radical (unpaired) electrons. The van der Waals surface area contributed by atoms with Crippen molar-refractivity contribution in [2.24, 2.45) is 0 Å². The first kappa shape index (κ1) is 17.1. The van der Waals surface area contributed by atoms with Gasteiger partial charge in [-0.15, -0.1) is 11.3 Å². The van der Waals surface area contributed by atoms with Crippen molar-refractivity contribution in [3.63, 3.8) is 0 Å². The molecule has 7 heteroatoms. The van der Waals surface area contributed by atoms with Crippen molar-refractivity contribution in [3.8, 4) is 0 Å². The van der Waals surface area contributed by atoms with Gasteiger partial charge < -0.3 is 4.90 Å². The summed E-state index contributed by atoms with van der Waals surface area (Å²) in [5, 5.41) is 0. The molecule has 1 aromatic rings. The number of nitrogens with zero attached hydrogens (tertiary/aromatic N) is 1. The van der Waals surface area contributed by atoms with Crippen LogP contribution in [0, 0.1) is 6.92 Å². The molecule has 1 N–H and O–H groups in total. The van der Waals surface area contributed by atoms with E-state index in [0.717, 1.165) is 21.6 Å². The van der Waals surface area contributed by atoms with Gasteiger partial charge in [-0.2, -0.15) is 0 Å². The second-order valence-corrected chi connectivity index (χ2v) is 9.17. The molecule has 1 rings (SSSR count). The van der Waals surface area contributed by atoms with E-state index in [2.05, 4.69) is 39.4 Å². The molecule has 0 amide bonds. The summed E-state index contributed by atoms with van der Waals surface area (Å²) < 4.78 is 27.7. The van der Waals surface area contributed by atoms with Crippen LogP contribution in [0.3, 0.4) is 0 Å². The van der Waals surface area contributed by atoms with Gasteiger partial charge in [-0.1, -0.05) is 0 Å². The van der Waals surface area contributed by atoms with Gasteiger partial charge in [0, 0.05) is 17.5 Å². The average Bonchev–Trinajstić information content (AvgIpc) is 2.64. The Kier molecular flexibility index (Phi) is 6.46. The van der Waals surface area contributed by atoms with Gasteiger partial charge in [0.15, 0.2) is 0 Å². The molecule has 0 spiro atoms. The van der Waals surface area contributed by atoms with E-state index in [1.165, 1.54) is 11.3 Å². The fraction of sp³-hybridized carbons (Fsp3) is 0.667. The molecule has 110 valence electrons. The summed E-state index contributed by atoms with van der Waals surface area (Å²) in [4.78, 5) is 3.38. The van der Waals surface area contributed by atoms with Crippen molar-refractivity contribution < 1.29 is 8.42 Å². The van der Waals surface area contributed by atoms with Crippen LogP contribution in [0.2, 0.25) is 0 Å². The van der Waals surface area contributed by atoms with E-state index in [0.29, 0.717) is 17.5 Å². The minimum atomic E-state index is -3.38. The van der Waals surface area contributed by atoms with Crippen LogP contribution in [0.5, 0.6) is 0 Å². The lowest BCUT2D eigenvalue weighted by Crippen LogP contribution is -2.31. The quantitative estimate of drug-likeness (QED) is 0.752. The maximum absolute atomic E-state index is 12.1. The van der Waals surface area contributed by atoms with Crippen LogP contribution in [-0.2, 0) is 10.0 Å². The van der Waals surface area contributed by atoms with Gasteiger partial charge in [-0.05, 0) is 62.8 Å². The Morgan fingerprint density at radius 2 is 2.11 bits per heavy atom. The molecule has 1 heterocycles. The zero-order valence-electron chi connectivity index (χ0n) is 11.7. The molecule has 0 unspecified atom stereocenters. The van der Waals surface area contributed by atoms with E-state index in [1.54, 1.807) is 6.07 Å². The van der Waals surface area contributed by atoms with Crippen LogP contribution in [0.1, 0.15) is 25.1 Å². The Morgan fingerprint density at radius 3 is 2.58 bits per heavy atom. The first-order valence-electron chi connectivity index (χ1n) is 6.20. The molecule has 0 bridgehead atoms. The zero-order chi connectivity index (χ0) is 14.6. The van der Waals surface area contributed by atoms with E-state index in [-0.39, 0.29) is 0 Å². The molecule has 0 aliphatic carbocycles. The van der Waals surface area contributed by atoms with E-state index in [4.69, 9.17) is 0 Å². The monoisotopic (exact) mass is 368 g/mol. The molecular formula is C12H21BrN2O2S2. The van der Waals surface area contributed by atoms with Gasteiger partial charge in [-0.25, -0.2) is 13.1 Å². The Balaban J connectivity index is 2.51. The smallest absolute Gasteiger partial charge is 0.241 e.